The number of nitrogens with one attached hydrogen (secondary N) is 3. The van der Waals surface area contributed by atoms with Gasteiger partial charge in [0.05, 0.1) is 21.9 Å². The van der Waals surface area contributed by atoms with Crippen molar-refractivity contribution in [2.24, 2.45) is 22.7 Å². The van der Waals surface area contributed by atoms with E-state index in [-0.39, 0.29) is 22.6 Å². The van der Waals surface area contributed by atoms with E-state index in [1.807, 2.05) is 42.5 Å². The van der Waals surface area contributed by atoms with Crippen LogP contribution in [0.4, 0.5) is 11.4 Å². The fraction of sp³-hybridized carbons (Fsp3) is 0.296. The molecule has 0 aliphatic heterocycles. The number of rotatable bonds is 5. The normalized spacial score (nSPS) is 30.2. The van der Waals surface area contributed by atoms with Crippen LogP contribution < -0.4 is 10.6 Å². The summed E-state index contributed by atoms with van der Waals surface area (Å²) in [5.74, 6) is 2.09. The third-order valence-electron chi connectivity index (χ3n) is 7.94. The van der Waals surface area contributed by atoms with Crippen molar-refractivity contribution in [1.29, 1.82) is 0 Å². The van der Waals surface area contributed by atoms with Gasteiger partial charge in [-0.05, 0) is 80.0 Å². The van der Waals surface area contributed by atoms with Crippen LogP contribution in [0.5, 0.6) is 0 Å². The first kappa shape index (κ1) is 18.9. The fourth-order valence-corrected chi connectivity index (χ4v) is 5.91. The predicted molar refractivity (Wildman–Crippen MR) is 127 cm³/mol. The number of carbonyl (C=O) groups excluding carboxylic acids is 2. The van der Waals surface area contributed by atoms with Crippen LogP contribution in [0.3, 0.4) is 0 Å². The first-order chi connectivity index (χ1) is 16.0. The summed E-state index contributed by atoms with van der Waals surface area (Å²) in [7, 11) is 0. The molecule has 6 nitrogen and oxygen atoms in total. The van der Waals surface area contributed by atoms with Gasteiger partial charge >= 0.3 is 0 Å². The Morgan fingerprint density at radius 2 is 1.39 bits per heavy atom. The summed E-state index contributed by atoms with van der Waals surface area (Å²) in [6.07, 6.45) is 12.2. The molecular formula is C27H24N4O2. The van der Waals surface area contributed by atoms with Gasteiger partial charge in [-0.15, -0.1) is 0 Å². The topological polar surface area (TPSA) is 86.9 Å². The van der Waals surface area contributed by atoms with Crippen molar-refractivity contribution in [3.05, 3.63) is 66.8 Å². The Labute approximate surface area is 191 Å². The molecule has 33 heavy (non-hydrogen) atoms. The second kappa shape index (κ2) is 6.44. The Hall–Kier alpha value is -3.67. The van der Waals surface area contributed by atoms with E-state index in [1.165, 1.54) is 0 Å². The van der Waals surface area contributed by atoms with Gasteiger partial charge in [0.1, 0.15) is 5.82 Å². The molecule has 4 bridgehead atoms. The first-order valence-electron chi connectivity index (χ1n) is 11.6. The molecular weight excluding hydrogens is 412 g/mol. The van der Waals surface area contributed by atoms with Gasteiger partial charge in [-0.25, -0.2) is 4.98 Å². The molecule has 1 heterocycles. The van der Waals surface area contributed by atoms with Crippen molar-refractivity contribution < 1.29 is 9.59 Å². The highest BCUT2D eigenvalue weighted by Gasteiger charge is 2.52. The summed E-state index contributed by atoms with van der Waals surface area (Å²) in [4.78, 5) is 33.4. The molecule has 9 rings (SSSR count). The number of imidazole rings is 1. The molecule has 2 amide bonds. The predicted octanol–water partition coefficient (Wildman–Crippen LogP) is 5.04. The van der Waals surface area contributed by atoms with Crippen molar-refractivity contribution in [3.63, 3.8) is 0 Å². The molecule has 0 spiro atoms. The van der Waals surface area contributed by atoms with Crippen LogP contribution in [0.25, 0.3) is 22.4 Å². The number of allylic oxidation sites excluding steroid dienone is 2. The number of benzene rings is 2. The van der Waals surface area contributed by atoms with Gasteiger partial charge in [-0.2, -0.15) is 0 Å². The van der Waals surface area contributed by atoms with Gasteiger partial charge < -0.3 is 15.6 Å². The van der Waals surface area contributed by atoms with Crippen molar-refractivity contribution in [1.82, 2.24) is 9.97 Å². The second-order valence-electron chi connectivity index (χ2n) is 10.2. The summed E-state index contributed by atoms with van der Waals surface area (Å²) in [5, 5.41) is 6.13. The van der Waals surface area contributed by atoms with Gasteiger partial charge in [-0.3, -0.25) is 9.59 Å². The molecule has 2 fully saturated rings. The number of carbonyl (C=O) groups is 2. The fourth-order valence-electron chi connectivity index (χ4n) is 5.91. The SMILES string of the molecule is O=C(Nc1ccc(-c2nc3ccc(NC(=O)C45C=CC(C4)C5)cc3[nH]2)cc1)C12C=CC(C1)C2. The van der Waals surface area contributed by atoms with Gasteiger partial charge in [0.25, 0.3) is 0 Å². The van der Waals surface area contributed by atoms with Crippen molar-refractivity contribution >= 4 is 34.2 Å². The number of H-pyrrole nitrogens is 1. The number of amides is 2. The number of anilines is 2. The third-order valence-corrected chi connectivity index (χ3v) is 7.94. The average Bonchev–Trinajstić information content (AvgIpc) is 3.58. The number of fused-ring (bicyclic) bond motifs is 1. The van der Waals surface area contributed by atoms with Gasteiger partial charge in [-0.1, -0.05) is 24.3 Å². The number of hydrogen-bond donors (Lipinski definition) is 3. The Morgan fingerprint density at radius 1 is 0.818 bits per heavy atom. The lowest BCUT2D eigenvalue weighted by atomic mass is 9.68. The molecule has 0 radical (unpaired) electrons. The average molecular weight is 437 g/mol. The first-order valence-corrected chi connectivity index (χ1v) is 11.6. The summed E-state index contributed by atoms with van der Waals surface area (Å²) >= 11 is 0. The highest BCUT2D eigenvalue weighted by molar-refractivity contribution is 6.00. The molecule has 3 aromatic rings. The monoisotopic (exact) mass is 436 g/mol. The molecule has 6 heteroatoms. The zero-order valence-corrected chi connectivity index (χ0v) is 18.1. The van der Waals surface area contributed by atoms with E-state index < -0.39 is 0 Å². The van der Waals surface area contributed by atoms with Crippen molar-refractivity contribution in [2.75, 3.05) is 10.6 Å². The zero-order chi connectivity index (χ0) is 22.2. The van der Waals surface area contributed by atoms with Crippen LogP contribution in [0.1, 0.15) is 25.7 Å². The molecule has 2 aromatic carbocycles. The highest BCUT2D eigenvalue weighted by Crippen LogP contribution is 2.54. The Morgan fingerprint density at radius 3 is 1.97 bits per heavy atom. The van der Waals surface area contributed by atoms with Gasteiger partial charge in [0, 0.05) is 16.9 Å². The van der Waals surface area contributed by atoms with E-state index in [0.717, 1.165) is 59.5 Å². The van der Waals surface area contributed by atoms with Gasteiger partial charge in [0.2, 0.25) is 11.8 Å². The zero-order valence-electron chi connectivity index (χ0n) is 18.1. The molecule has 0 atom stereocenters. The molecule has 0 saturated heterocycles. The number of nitrogens with zero attached hydrogens (tertiary/aromatic N) is 1. The van der Waals surface area contributed by atoms with Crippen LogP contribution in [0.15, 0.2) is 66.8 Å². The molecule has 3 N–H and O–H groups in total. The largest absolute Gasteiger partial charge is 0.338 e. The van der Waals surface area contributed by atoms with Crippen molar-refractivity contribution in [2.45, 2.75) is 25.7 Å². The Kier molecular flexibility index (Phi) is 3.68. The van der Waals surface area contributed by atoms with Crippen molar-refractivity contribution in [3.8, 4) is 11.4 Å². The number of hydrogen-bond acceptors (Lipinski definition) is 3. The summed E-state index contributed by atoms with van der Waals surface area (Å²) in [6.45, 7) is 0. The van der Waals surface area contributed by atoms with Crippen LogP contribution in [-0.4, -0.2) is 21.8 Å². The van der Waals surface area contributed by atoms with E-state index in [1.54, 1.807) is 0 Å². The van der Waals surface area contributed by atoms with Crippen LogP contribution in [-0.2, 0) is 9.59 Å². The molecule has 1 aromatic heterocycles. The van der Waals surface area contributed by atoms with Gasteiger partial charge in [0.15, 0.2) is 0 Å². The molecule has 6 aliphatic carbocycles. The Balaban J connectivity index is 1.07. The summed E-state index contributed by atoms with van der Waals surface area (Å²) in [5.41, 5.74) is 3.63. The molecule has 0 unspecified atom stereocenters. The minimum Gasteiger partial charge on any atom is -0.338 e. The number of aromatic nitrogens is 2. The third kappa shape index (κ3) is 2.83. The molecule has 164 valence electrons. The highest BCUT2D eigenvalue weighted by atomic mass is 16.2. The second-order valence-corrected chi connectivity index (χ2v) is 10.2. The lowest BCUT2D eigenvalue weighted by Crippen LogP contribution is -2.40. The lowest BCUT2D eigenvalue weighted by molar-refractivity contribution is -0.127. The summed E-state index contributed by atoms with van der Waals surface area (Å²) in [6, 6.07) is 13.5. The summed E-state index contributed by atoms with van der Waals surface area (Å²) < 4.78 is 0. The van der Waals surface area contributed by atoms with Crippen LogP contribution in [0, 0.1) is 22.7 Å². The maximum absolute atomic E-state index is 12.7. The van der Waals surface area contributed by atoms with E-state index in [4.69, 9.17) is 4.98 Å². The Bertz CT molecular complexity index is 1370. The van der Waals surface area contributed by atoms with E-state index in [2.05, 4.69) is 39.9 Å². The smallest absolute Gasteiger partial charge is 0.234 e. The minimum atomic E-state index is -0.302. The van der Waals surface area contributed by atoms with E-state index in [0.29, 0.717) is 11.8 Å². The molecule has 6 aliphatic rings. The minimum absolute atomic E-state index is 0.0780. The van der Waals surface area contributed by atoms with Crippen LogP contribution >= 0.6 is 0 Å². The lowest BCUT2D eigenvalue weighted by Gasteiger charge is -2.36. The molecule has 2 saturated carbocycles. The maximum atomic E-state index is 12.7. The van der Waals surface area contributed by atoms with Crippen LogP contribution in [0.2, 0.25) is 0 Å². The maximum Gasteiger partial charge on any atom is 0.234 e. The quantitative estimate of drug-likeness (QED) is 0.490. The number of aromatic amines is 1. The van der Waals surface area contributed by atoms with E-state index >= 15 is 0 Å². The van der Waals surface area contributed by atoms with E-state index in [9.17, 15) is 9.59 Å². The standard InChI is InChI=1S/C27H24N4O2/c32-24(26-9-7-16(12-26)13-26)28-19-3-1-18(2-4-19)23-30-21-6-5-20(11-22(21)31-23)29-25(33)27-10-8-17(14-27)15-27/h1-11,16-17H,12-15H2,(H,28,32)(H,29,33)(H,30,31).